The highest BCUT2D eigenvalue weighted by atomic mass is 32.2. The van der Waals surface area contributed by atoms with E-state index in [1.54, 1.807) is 35.2 Å². The van der Waals surface area contributed by atoms with Crippen molar-refractivity contribution < 1.29 is 37.4 Å². The summed E-state index contributed by atoms with van der Waals surface area (Å²) in [6, 6.07) is 12.1. The Morgan fingerprint density at radius 1 is 1.13 bits per heavy atom. The van der Waals surface area contributed by atoms with Gasteiger partial charge in [-0.2, -0.15) is 0 Å². The van der Waals surface area contributed by atoms with Gasteiger partial charge in [-0.3, -0.25) is 9.52 Å². The number of amides is 3. The molecule has 0 unspecified atom stereocenters. The number of carbonyl (C=O) groups is 3. The Labute approximate surface area is 227 Å². The van der Waals surface area contributed by atoms with Gasteiger partial charge in [0.2, 0.25) is 10.0 Å². The van der Waals surface area contributed by atoms with Crippen molar-refractivity contribution in [3.63, 3.8) is 0 Å². The maximum absolute atomic E-state index is 12.8. The maximum Gasteiger partial charge on any atom is 0.414 e. The third-order valence-corrected chi connectivity index (χ3v) is 7.21. The van der Waals surface area contributed by atoms with Gasteiger partial charge in [-0.05, 0) is 68.5 Å². The lowest BCUT2D eigenvalue weighted by molar-refractivity contribution is 0.0111. The predicted molar refractivity (Wildman–Crippen MR) is 143 cm³/mol. The molecule has 0 spiro atoms. The fraction of sp³-hybridized carbons (Fsp3) is 0.444. The summed E-state index contributed by atoms with van der Waals surface area (Å²) in [5, 5.41) is 9.25. The number of carbonyl (C=O) groups excluding carboxylic acids is 2. The molecule has 2 aliphatic rings. The van der Waals surface area contributed by atoms with Crippen molar-refractivity contribution in [1.29, 1.82) is 0 Å². The van der Waals surface area contributed by atoms with Crippen LogP contribution in [0.5, 0.6) is 5.75 Å². The first kappa shape index (κ1) is 28.2. The molecule has 0 bridgehead atoms. The number of hydrogen-bond donors (Lipinski definition) is 2. The van der Waals surface area contributed by atoms with Crippen LogP contribution in [-0.2, 0) is 21.3 Å². The van der Waals surface area contributed by atoms with Crippen molar-refractivity contribution in [3.05, 3.63) is 59.2 Å². The standard InChI is InChI=1S/C27H33N3O8S/c1-27(2,3)38-26(34)29-12-11-22(17-5-8-20(9-6-17)28-39(4,35)36)19(14-29)16-37-21-10-7-18-15-30(25(32)33)24(31)23(18)13-21/h5-10,13,19,22,28H,11-12,14-16H2,1-4H3,(H,32,33)/t19-,22-/m1/s1. The van der Waals surface area contributed by atoms with E-state index in [1.807, 2.05) is 32.9 Å². The smallest absolute Gasteiger partial charge is 0.414 e. The van der Waals surface area contributed by atoms with Gasteiger partial charge in [0.15, 0.2) is 0 Å². The minimum absolute atomic E-state index is 0.00348. The molecular formula is C27H33N3O8S. The van der Waals surface area contributed by atoms with Crippen LogP contribution in [0.25, 0.3) is 0 Å². The molecule has 210 valence electrons. The second-order valence-corrected chi connectivity index (χ2v) is 12.6. The minimum Gasteiger partial charge on any atom is -0.493 e. The molecule has 2 aromatic carbocycles. The first-order valence-corrected chi connectivity index (χ1v) is 14.5. The molecule has 2 heterocycles. The summed E-state index contributed by atoms with van der Waals surface area (Å²) in [6.07, 6.45) is 0.0219. The van der Waals surface area contributed by atoms with E-state index in [0.717, 1.165) is 16.7 Å². The molecule has 3 amide bonds. The van der Waals surface area contributed by atoms with Gasteiger partial charge in [-0.15, -0.1) is 0 Å². The van der Waals surface area contributed by atoms with Gasteiger partial charge in [0.25, 0.3) is 5.91 Å². The lowest BCUT2D eigenvalue weighted by Crippen LogP contribution is -2.46. The van der Waals surface area contributed by atoms with E-state index >= 15 is 0 Å². The molecule has 0 saturated carbocycles. The second-order valence-electron chi connectivity index (χ2n) is 10.9. The summed E-state index contributed by atoms with van der Waals surface area (Å²) in [7, 11) is -3.40. The third kappa shape index (κ3) is 6.99. The van der Waals surface area contributed by atoms with E-state index in [9.17, 15) is 27.9 Å². The molecule has 0 radical (unpaired) electrons. The molecule has 2 aromatic rings. The van der Waals surface area contributed by atoms with E-state index in [-0.39, 0.29) is 25.0 Å². The average Bonchev–Trinajstić information content (AvgIpc) is 3.17. The molecule has 2 N–H and O–H groups in total. The Morgan fingerprint density at radius 2 is 1.82 bits per heavy atom. The van der Waals surface area contributed by atoms with Crippen LogP contribution < -0.4 is 9.46 Å². The maximum atomic E-state index is 12.8. The number of nitrogens with one attached hydrogen (secondary N) is 1. The number of carboxylic acid groups (broad SMARTS) is 1. The van der Waals surface area contributed by atoms with Crippen LogP contribution in [0.3, 0.4) is 0 Å². The Kier molecular flexibility index (Phi) is 7.78. The van der Waals surface area contributed by atoms with Gasteiger partial charge < -0.3 is 19.5 Å². The van der Waals surface area contributed by atoms with Crippen LogP contribution >= 0.6 is 0 Å². The number of nitrogens with zero attached hydrogens (tertiary/aromatic N) is 2. The zero-order valence-electron chi connectivity index (χ0n) is 22.3. The quantitative estimate of drug-likeness (QED) is 0.538. The molecule has 0 aliphatic carbocycles. The van der Waals surface area contributed by atoms with Crippen LogP contribution in [-0.4, -0.2) is 73.0 Å². The lowest BCUT2D eigenvalue weighted by Gasteiger charge is -2.39. The largest absolute Gasteiger partial charge is 0.493 e. The fourth-order valence-electron chi connectivity index (χ4n) is 4.87. The van der Waals surface area contributed by atoms with E-state index in [4.69, 9.17) is 9.47 Å². The molecule has 1 fully saturated rings. The Bertz CT molecular complexity index is 1370. The van der Waals surface area contributed by atoms with Crippen LogP contribution in [0, 0.1) is 5.92 Å². The minimum atomic E-state index is -3.40. The first-order chi connectivity index (χ1) is 18.2. The van der Waals surface area contributed by atoms with Crippen LogP contribution in [0.1, 0.15) is 54.6 Å². The van der Waals surface area contributed by atoms with Gasteiger partial charge in [-0.1, -0.05) is 18.2 Å². The van der Waals surface area contributed by atoms with E-state index < -0.39 is 33.7 Å². The molecule has 2 atom stereocenters. The molecule has 2 aliphatic heterocycles. The Morgan fingerprint density at radius 3 is 2.44 bits per heavy atom. The number of ether oxygens (including phenoxy) is 2. The number of imide groups is 1. The van der Waals surface area contributed by atoms with Crippen molar-refractivity contribution in [2.45, 2.75) is 45.3 Å². The number of sulfonamides is 1. The fourth-order valence-corrected chi connectivity index (χ4v) is 5.44. The summed E-state index contributed by atoms with van der Waals surface area (Å²) >= 11 is 0. The highest BCUT2D eigenvalue weighted by Gasteiger charge is 2.36. The van der Waals surface area contributed by atoms with Crippen molar-refractivity contribution in [2.24, 2.45) is 5.92 Å². The number of piperidine rings is 1. The van der Waals surface area contributed by atoms with Gasteiger partial charge >= 0.3 is 12.2 Å². The average molecular weight is 560 g/mol. The highest BCUT2D eigenvalue weighted by Crippen LogP contribution is 2.35. The topological polar surface area (TPSA) is 143 Å². The first-order valence-electron chi connectivity index (χ1n) is 12.6. The summed E-state index contributed by atoms with van der Waals surface area (Å²) in [5.41, 5.74) is 1.71. The van der Waals surface area contributed by atoms with Crippen LogP contribution in [0.2, 0.25) is 0 Å². The van der Waals surface area contributed by atoms with Crippen LogP contribution in [0.15, 0.2) is 42.5 Å². The second kappa shape index (κ2) is 10.8. The van der Waals surface area contributed by atoms with Crippen molar-refractivity contribution in [1.82, 2.24) is 9.80 Å². The lowest BCUT2D eigenvalue weighted by atomic mass is 9.81. The summed E-state index contributed by atoms with van der Waals surface area (Å²) in [6.45, 7) is 6.52. The number of likely N-dealkylation sites (tertiary alicyclic amines) is 1. The normalized spacial score (nSPS) is 19.4. The molecule has 1 saturated heterocycles. The van der Waals surface area contributed by atoms with Crippen molar-refractivity contribution >= 4 is 33.8 Å². The SMILES string of the molecule is CC(C)(C)OC(=O)N1CC[C@H](c2ccc(NS(C)(=O)=O)cc2)[C@@H](COc2ccc3c(c2)C(=O)N(C(=O)O)C3)C1. The third-order valence-electron chi connectivity index (χ3n) is 6.61. The molecule has 11 nitrogen and oxygen atoms in total. The summed E-state index contributed by atoms with van der Waals surface area (Å²) < 4.78 is 37.3. The van der Waals surface area contributed by atoms with Gasteiger partial charge in [0.05, 0.1) is 19.4 Å². The highest BCUT2D eigenvalue weighted by molar-refractivity contribution is 7.92. The Hall–Kier alpha value is -3.80. The number of anilines is 1. The number of fused-ring (bicyclic) bond motifs is 1. The Balaban J connectivity index is 1.53. The molecule has 12 heteroatoms. The van der Waals surface area contributed by atoms with Crippen LogP contribution in [0.4, 0.5) is 15.3 Å². The van der Waals surface area contributed by atoms with Crippen molar-refractivity contribution in [3.8, 4) is 5.75 Å². The van der Waals surface area contributed by atoms with Gasteiger partial charge in [-0.25, -0.2) is 22.9 Å². The zero-order valence-corrected chi connectivity index (χ0v) is 23.2. The van der Waals surface area contributed by atoms with E-state index in [1.165, 1.54) is 0 Å². The number of rotatable bonds is 6. The monoisotopic (exact) mass is 559 g/mol. The molecule has 4 rings (SSSR count). The van der Waals surface area contributed by atoms with E-state index in [2.05, 4.69) is 4.72 Å². The van der Waals surface area contributed by atoms with Gasteiger partial charge in [0.1, 0.15) is 11.4 Å². The number of benzene rings is 2. The van der Waals surface area contributed by atoms with E-state index in [0.29, 0.717) is 42.1 Å². The predicted octanol–water partition coefficient (Wildman–Crippen LogP) is 4.11. The molecule has 0 aromatic heterocycles. The zero-order chi connectivity index (χ0) is 28.5. The van der Waals surface area contributed by atoms with Gasteiger partial charge in [0, 0.05) is 30.3 Å². The summed E-state index contributed by atoms with van der Waals surface area (Å²) in [4.78, 5) is 39.0. The molecule has 39 heavy (non-hydrogen) atoms. The van der Waals surface area contributed by atoms with Crippen molar-refractivity contribution in [2.75, 3.05) is 30.7 Å². The molecular weight excluding hydrogens is 526 g/mol. The number of hydrogen-bond acceptors (Lipinski definition) is 7. The summed E-state index contributed by atoms with van der Waals surface area (Å²) in [5.74, 6) is -0.290.